The quantitative estimate of drug-likeness (QED) is 0.201. The van der Waals surface area contributed by atoms with Gasteiger partial charge in [0.25, 0.3) is 0 Å². The molecule has 168 valence electrons. The molecule has 0 saturated heterocycles. The predicted molar refractivity (Wildman–Crippen MR) is 120 cm³/mol. The molecule has 0 aromatic heterocycles. The molecule has 0 atom stereocenters. The molecule has 2 aromatic rings. The molecule has 0 heterocycles. The third-order valence-electron chi connectivity index (χ3n) is 4.94. The first-order chi connectivity index (χ1) is 15.5. The van der Waals surface area contributed by atoms with Gasteiger partial charge in [-0.1, -0.05) is 61.2 Å². The molecule has 0 bridgehead atoms. The Labute approximate surface area is 191 Å². The van der Waals surface area contributed by atoms with Crippen LogP contribution < -0.4 is 10.7 Å². The summed E-state index contributed by atoms with van der Waals surface area (Å²) in [6.45, 7) is 3.96. The van der Waals surface area contributed by atoms with E-state index in [4.69, 9.17) is 21.1 Å². The van der Waals surface area contributed by atoms with E-state index < -0.39 is 17.6 Å². The van der Waals surface area contributed by atoms with Crippen molar-refractivity contribution in [3.63, 3.8) is 0 Å². The van der Waals surface area contributed by atoms with Gasteiger partial charge in [-0.2, -0.15) is 0 Å². The molecule has 1 aliphatic carbocycles. The second-order valence-electron chi connectivity index (χ2n) is 7.01. The standard InChI is InChI=1S/C23H24ClN3O5/c1-2-14-31-22(29)25-12-7-13-27(21(24)28)26-23(30)32-15-20-18-10-5-3-8-16(18)17-9-4-6-11-19(17)20/h2-6,8-11,20H,1,7,12-15H2,(H,25,29)(H,26,30). The maximum absolute atomic E-state index is 12.3. The SMILES string of the molecule is C=CCOC(=O)NCCCN(NC(=O)OCC1c2ccccc2-c2ccccc21)C(=O)Cl. The summed E-state index contributed by atoms with van der Waals surface area (Å²) < 4.78 is 10.2. The average molecular weight is 458 g/mol. The van der Waals surface area contributed by atoms with E-state index in [0.717, 1.165) is 27.3 Å². The minimum Gasteiger partial charge on any atom is -0.447 e. The number of halogens is 1. The highest BCUT2D eigenvalue weighted by molar-refractivity contribution is 6.62. The number of benzene rings is 2. The van der Waals surface area contributed by atoms with Gasteiger partial charge in [0, 0.05) is 19.0 Å². The van der Waals surface area contributed by atoms with Crippen LogP contribution in [0.4, 0.5) is 14.4 Å². The number of nitrogens with one attached hydrogen (secondary N) is 2. The Bertz CT molecular complexity index is 952. The molecule has 3 rings (SSSR count). The Morgan fingerprint density at radius 3 is 2.22 bits per heavy atom. The molecule has 1 aliphatic rings. The summed E-state index contributed by atoms with van der Waals surface area (Å²) in [4.78, 5) is 35.3. The summed E-state index contributed by atoms with van der Waals surface area (Å²) in [6.07, 6.45) is 0.397. The van der Waals surface area contributed by atoms with Gasteiger partial charge in [0.2, 0.25) is 0 Å². The first-order valence-corrected chi connectivity index (χ1v) is 10.5. The fourth-order valence-corrected chi connectivity index (χ4v) is 3.67. The zero-order valence-electron chi connectivity index (χ0n) is 17.4. The summed E-state index contributed by atoms with van der Waals surface area (Å²) in [5.41, 5.74) is 6.75. The first-order valence-electron chi connectivity index (χ1n) is 10.1. The van der Waals surface area contributed by atoms with E-state index in [9.17, 15) is 14.4 Å². The normalized spacial score (nSPS) is 11.7. The van der Waals surface area contributed by atoms with Crippen LogP contribution in [0.15, 0.2) is 61.2 Å². The molecule has 32 heavy (non-hydrogen) atoms. The van der Waals surface area contributed by atoms with Crippen molar-refractivity contribution in [3.05, 3.63) is 72.3 Å². The summed E-state index contributed by atoms with van der Waals surface area (Å²) >= 11 is 5.55. The van der Waals surface area contributed by atoms with Crippen LogP contribution in [-0.4, -0.2) is 48.9 Å². The number of amides is 3. The molecular weight excluding hydrogens is 434 g/mol. The molecule has 3 amide bonds. The molecule has 2 aromatic carbocycles. The van der Waals surface area contributed by atoms with Crippen molar-refractivity contribution in [2.24, 2.45) is 0 Å². The van der Waals surface area contributed by atoms with Crippen molar-refractivity contribution in [1.82, 2.24) is 15.8 Å². The molecule has 9 heteroatoms. The second-order valence-corrected chi connectivity index (χ2v) is 7.33. The number of hydrazine groups is 1. The predicted octanol–water partition coefficient (Wildman–Crippen LogP) is 4.40. The molecule has 2 N–H and O–H groups in total. The van der Waals surface area contributed by atoms with Crippen molar-refractivity contribution < 1.29 is 23.9 Å². The van der Waals surface area contributed by atoms with Gasteiger partial charge in [0.1, 0.15) is 13.2 Å². The van der Waals surface area contributed by atoms with Gasteiger partial charge in [-0.15, -0.1) is 0 Å². The maximum Gasteiger partial charge on any atom is 0.426 e. The van der Waals surface area contributed by atoms with Crippen LogP contribution >= 0.6 is 11.6 Å². The molecule has 8 nitrogen and oxygen atoms in total. The van der Waals surface area contributed by atoms with Crippen LogP contribution in [0.1, 0.15) is 23.5 Å². The van der Waals surface area contributed by atoms with Crippen LogP contribution in [0, 0.1) is 0 Å². The van der Waals surface area contributed by atoms with E-state index in [0.29, 0.717) is 6.42 Å². The van der Waals surface area contributed by atoms with Crippen LogP contribution in [0.5, 0.6) is 0 Å². The van der Waals surface area contributed by atoms with Crippen molar-refractivity contribution >= 4 is 29.2 Å². The second kappa shape index (κ2) is 11.2. The number of hydrogen-bond donors (Lipinski definition) is 2. The zero-order valence-corrected chi connectivity index (χ0v) is 18.1. The van der Waals surface area contributed by atoms with E-state index in [1.54, 1.807) is 0 Å². The van der Waals surface area contributed by atoms with Gasteiger partial charge < -0.3 is 14.8 Å². The summed E-state index contributed by atoms with van der Waals surface area (Å²) in [5.74, 6) is -0.0981. The highest BCUT2D eigenvalue weighted by atomic mass is 35.5. The van der Waals surface area contributed by atoms with Crippen LogP contribution in [0.25, 0.3) is 11.1 Å². The van der Waals surface area contributed by atoms with Crippen molar-refractivity contribution in [1.29, 1.82) is 0 Å². The molecule has 0 aliphatic heterocycles. The first kappa shape index (κ1) is 23.1. The highest BCUT2D eigenvalue weighted by Crippen LogP contribution is 2.44. The van der Waals surface area contributed by atoms with E-state index >= 15 is 0 Å². The summed E-state index contributed by atoms with van der Waals surface area (Å²) in [6, 6.07) is 16.0. The van der Waals surface area contributed by atoms with Crippen LogP contribution in [-0.2, 0) is 9.47 Å². The van der Waals surface area contributed by atoms with E-state index in [-0.39, 0.29) is 32.2 Å². The Balaban J connectivity index is 1.50. The van der Waals surface area contributed by atoms with Gasteiger partial charge in [0.15, 0.2) is 0 Å². The Kier molecular flexibility index (Phi) is 8.10. The summed E-state index contributed by atoms with van der Waals surface area (Å²) in [7, 11) is 0. The van der Waals surface area contributed by atoms with Gasteiger partial charge in [0.05, 0.1) is 0 Å². The summed E-state index contributed by atoms with van der Waals surface area (Å²) in [5, 5.41) is 2.57. The molecule has 0 saturated carbocycles. The van der Waals surface area contributed by atoms with Gasteiger partial charge >= 0.3 is 17.6 Å². The largest absolute Gasteiger partial charge is 0.447 e. The Morgan fingerprint density at radius 2 is 1.62 bits per heavy atom. The number of carbonyl (C=O) groups excluding carboxylic acids is 3. The van der Waals surface area contributed by atoms with Crippen molar-refractivity contribution in [2.75, 3.05) is 26.3 Å². The Morgan fingerprint density at radius 1 is 1.00 bits per heavy atom. The number of nitrogens with zero attached hydrogens (tertiary/aromatic N) is 1. The van der Waals surface area contributed by atoms with Crippen LogP contribution in [0.3, 0.4) is 0 Å². The molecular formula is C23H24ClN3O5. The average Bonchev–Trinajstić information content (AvgIpc) is 3.12. The number of carbonyl (C=O) groups is 3. The molecule has 0 spiro atoms. The lowest BCUT2D eigenvalue weighted by Crippen LogP contribution is -2.45. The third kappa shape index (κ3) is 5.79. The number of hydrogen-bond acceptors (Lipinski definition) is 5. The third-order valence-corrected chi connectivity index (χ3v) is 5.15. The highest BCUT2D eigenvalue weighted by Gasteiger charge is 2.29. The zero-order chi connectivity index (χ0) is 22.9. The lowest BCUT2D eigenvalue weighted by molar-refractivity contribution is 0.114. The van der Waals surface area contributed by atoms with E-state index in [1.807, 2.05) is 48.5 Å². The number of ether oxygens (including phenoxy) is 2. The van der Waals surface area contributed by atoms with Gasteiger partial charge in [-0.25, -0.2) is 20.0 Å². The van der Waals surface area contributed by atoms with E-state index in [2.05, 4.69) is 17.3 Å². The molecule has 0 radical (unpaired) electrons. The fraction of sp³-hybridized carbons (Fsp3) is 0.261. The van der Waals surface area contributed by atoms with E-state index in [1.165, 1.54) is 6.08 Å². The lowest BCUT2D eigenvalue weighted by Gasteiger charge is -2.21. The van der Waals surface area contributed by atoms with Gasteiger partial charge in [-0.3, -0.25) is 4.79 Å². The minimum atomic E-state index is -0.868. The molecule has 0 unspecified atom stereocenters. The number of alkyl carbamates (subject to hydrolysis) is 1. The topological polar surface area (TPSA) is 97.0 Å². The lowest BCUT2D eigenvalue weighted by atomic mass is 9.98. The minimum absolute atomic E-state index is 0.0776. The fourth-order valence-electron chi connectivity index (χ4n) is 3.54. The number of rotatable bonds is 8. The van der Waals surface area contributed by atoms with Crippen molar-refractivity contribution in [2.45, 2.75) is 12.3 Å². The van der Waals surface area contributed by atoms with Crippen LogP contribution in [0.2, 0.25) is 0 Å². The maximum atomic E-state index is 12.3. The monoisotopic (exact) mass is 457 g/mol. The molecule has 0 fully saturated rings. The Hall–Kier alpha value is -3.52. The number of fused-ring (bicyclic) bond motifs is 3. The van der Waals surface area contributed by atoms with Crippen molar-refractivity contribution in [3.8, 4) is 11.1 Å². The smallest absolute Gasteiger partial charge is 0.426 e. The van der Waals surface area contributed by atoms with Gasteiger partial charge in [-0.05, 0) is 40.3 Å².